The summed E-state index contributed by atoms with van der Waals surface area (Å²) in [5.74, 6) is 0.859. The summed E-state index contributed by atoms with van der Waals surface area (Å²) >= 11 is 5.87. The van der Waals surface area contributed by atoms with Gasteiger partial charge in [-0.15, -0.1) is 0 Å². The molecule has 15 heavy (non-hydrogen) atoms. The van der Waals surface area contributed by atoms with E-state index in [4.69, 9.17) is 22.1 Å². The van der Waals surface area contributed by atoms with E-state index in [-0.39, 0.29) is 0 Å². The van der Waals surface area contributed by atoms with Crippen molar-refractivity contribution in [2.24, 2.45) is 5.73 Å². The van der Waals surface area contributed by atoms with Crippen molar-refractivity contribution in [3.05, 3.63) is 28.8 Å². The standard InChI is InChI=1S/C12H18ClNO/c1-2-3-4-7-15-12-6-5-11(13)8-10(12)9-14/h5-6,8H,2-4,7,9,14H2,1H3. The lowest BCUT2D eigenvalue weighted by atomic mass is 10.2. The third-order valence-corrected chi connectivity index (χ3v) is 2.48. The maximum Gasteiger partial charge on any atom is 0.123 e. The van der Waals surface area contributed by atoms with E-state index in [0.29, 0.717) is 11.6 Å². The SMILES string of the molecule is CCCCCOc1ccc(Cl)cc1CN. The number of halogens is 1. The number of nitrogens with two attached hydrogens (primary N) is 1. The highest BCUT2D eigenvalue weighted by molar-refractivity contribution is 6.30. The molecule has 0 heterocycles. The van der Waals surface area contributed by atoms with Crippen molar-refractivity contribution < 1.29 is 4.74 Å². The molecule has 2 nitrogen and oxygen atoms in total. The molecular weight excluding hydrogens is 210 g/mol. The Morgan fingerprint density at radius 2 is 2.13 bits per heavy atom. The largest absolute Gasteiger partial charge is 0.493 e. The molecule has 0 atom stereocenters. The molecule has 0 saturated heterocycles. The Morgan fingerprint density at radius 3 is 2.80 bits per heavy atom. The van der Waals surface area contributed by atoms with Crippen LogP contribution in [0.4, 0.5) is 0 Å². The average Bonchev–Trinajstić information content (AvgIpc) is 2.26. The molecule has 0 fully saturated rings. The number of benzene rings is 1. The van der Waals surface area contributed by atoms with Crippen molar-refractivity contribution in [2.75, 3.05) is 6.61 Å². The summed E-state index contributed by atoms with van der Waals surface area (Å²) in [7, 11) is 0. The van der Waals surface area contributed by atoms with E-state index in [0.717, 1.165) is 24.3 Å². The predicted molar refractivity (Wildman–Crippen MR) is 64.4 cm³/mol. The maximum absolute atomic E-state index is 5.87. The summed E-state index contributed by atoms with van der Waals surface area (Å²) in [6.45, 7) is 3.39. The van der Waals surface area contributed by atoms with Gasteiger partial charge in [0, 0.05) is 17.1 Å². The Balaban J connectivity index is 2.52. The minimum atomic E-state index is 0.462. The fraction of sp³-hybridized carbons (Fsp3) is 0.500. The summed E-state index contributed by atoms with van der Waals surface area (Å²) in [4.78, 5) is 0. The third-order valence-electron chi connectivity index (χ3n) is 2.25. The van der Waals surface area contributed by atoms with Crippen LogP contribution < -0.4 is 10.5 Å². The maximum atomic E-state index is 5.87. The van der Waals surface area contributed by atoms with Crippen molar-refractivity contribution >= 4 is 11.6 Å². The highest BCUT2D eigenvalue weighted by Crippen LogP contribution is 2.22. The molecule has 1 aromatic carbocycles. The summed E-state index contributed by atoms with van der Waals surface area (Å²) < 4.78 is 5.65. The number of rotatable bonds is 6. The molecule has 0 aromatic heterocycles. The van der Waals surface area contributed by atoms with E-state index in [1.807, 2.05) is 18.2 Å². The lowest BCUT2D eigenvalue weighted by Crippen LogP contribution is -2.03. The Bertz CT molecular complexity index is 302. The second-order valence-electron chi connectivity index (χ2n) is 3.51. The highest BCUT2D eigenvalue weighted by Gasteiger charge is 2.02. The van der Waals surface area contributed by atoms with Crippen molar-refractivity contribution in [2.45, 2.75) is 32.7 Å². The van der Waals surface area contributed by atoms with E-state index in [9.17, 15) is 0 Å². The summed E-state index contributed by atoms with van der Waals surface area (Å²) in [6.07, 6.45) is 3.49. The topological polar surface area (TPSA) is 35.2 Å². The van der Waals surface area contributed by atoms with Crippen LogP contribution >= 0.6 is 11.6 Å². The van der Waals surface area contributed by atoms with Gasteiger partial charge in [-0.3, -0.25) is 0 Å². The quantitative estimate of drug-likeness (QED) is 0.757. The van der Waals surface area contributed by atoms with E-state index in [1.54, 1.807) is 0 Å². The molecule has 0 saturated carbocycles. The molecule has 0 radical (unpaired) electrons. The van der Waals surface area contributed by atoms with Crippen LogP contribution in [-0.4, -0.2) is 6.61 Å². The Labute approximate surface area is 96.4 Å². The predicted octanol–water partition coefficient (Wildman–Crippen LogP) is 3.37. The van der Waals surface area contributed by atoms with Crippen LogP contribution in [0.3, 0.4) is 0 Å². The lowest BCUT2D eigenvalue weighted by molar-refractivity contribution is 0.303. The summed E-state index contributed by atoms with van der Waals surface area (Å²) in [5, 5.41) is 0.705. The molecule has 84 valence electrons. The number of hydrogen-bond acceptors (Lipinski definition) is 2. The first-order chi connectivity index (χ1) is 7.27. The van der Waals surface area contributed by atoms with Gasteiger partial charge < -0.3 is 10.5 Å². The third kappa shape index (κ3) is 4.10. The normalized spacial score (nSPS) is 10.3. The van der Waals surface area contributed by atoms with Gasteiger partial charge in [0.15, 0.2) is 0 Å². The van der Waals surface area contributed by atoms with Gasteiger partial charge in [0.05, 0.1) is 6.61 Å². The molecular formula is C12H18ClNO. The van der Waals surface area contributed by atoms with E-state index < -0.39 is 0 Å². The van der Waals surface area contributed by atoms with Crippen LogP contribution in [0.2, 0.25) is 5.02 Å². The summed E-state index contributed by atoms with van der Waals surface area (Å²) in [6, 6.07) is 5.57. The van der Waals surface area contributed by atoms with Crippen LogP contribution in [0, 0.1) is 0 Å². The van der Waals surface area contributed by atoms with E-state index in [1.165, 1.54) is 12.8 Å². The zero-order valence-electron chi connectivity index (χ0n) is 9.13. The van der Waals surface area contributed by atoms with Gasteiger partial charge in [0.1, 0.15) is 5.75 Å². The molecule has 0 spiro atoms. The number of ether oxygens (including phenoxy) is 1. The Morgan fingerprint density at radius 1 is 1.33 bits per heavy atom. The van der Waals surface area contributed by atoms with Crippen LogP contribution in [0.15, 0.2) is 18.2 Å². The average molecular weight is 228 g/mol. The van der Waals surface area contributed by atoms with Gasteiger partial charge >= 0.3 is 0 Å². The Kier molecular flexibility index (Phi) is 5.51. The van der Waals surface area contributed by atoms with Crippen molar-refractivity contribution in [1.29, 1.82) is 0 Å². The molecule has 0 aliphatic carbocycles. The fourth-order valence-corrected chi connectivity index (χ4v) is 1.58. The van der Waals surface area contributed by atoms with Crippen LogP contribution in [0.25, 0.3) is 0 Å². The summed E-state index contributed by atoms with van der Waals surface area (Å²) in [5.41, 5.74) is 6.58. The monoisotopic (exact) mass is 227 g/mol. The fourth-order valence-electron chi connectivity index (χ4n) is 1.38. The number of hydrogen-bond donors (Lipinski definition) is 1. The molecule has 0 unspecified atom stereocenters. The first-order valence-electron chi connectivity index (χ1n) is 5.39. The van der Waals surface area contributed by atoms with Gasteiger partial charge in [0.25, 0.3) is 0 Å². The molecule has 2 N–H and O–H groups in total. The molecule has 3 heteroatoms. The minimum absolute atomic E-state index is 0.462. The minimum Gasteiger partial charge on any atom is -0.493 e. The van der Waals surface area contributed by atoms with Gasteiger partial charge in [-0.2, -0.15) is 0 Å². The first-order valence-corrected chi connectivity index (χ1v) is 5.77. The molecule has 0 bridgehead atoms. The van der Waals surface area contributed by atoms with Crippen molar-refractivity contribution in [1.82, 2.24) is 0 Å². The van der Waals surface area contributed by atoms with Gasteiger partial charge in [-0.1, -0.05) is 31.4 Å². The first kappa shape index (κ1) is 12.3. The highest BCUT2D eigenvalue weighted by atomic mass is 35.5. The molecule has 0 aliphatic heterocycles. The number of unbranched alkanes of at least 4 members (excludes halogenated alkanes) is 2. The van der Waals surface area contributed by atoms with Gasteiger partial charge in [-0.05, 0) is 24.6 Å². The smallest absolute Gasteiger partial charge is 0.123 e. The second-order valence-corrected chi connectivity index (χ2v) is 3.95. The molecule has 1 aromatic rings. The second kappa shape index (κ2) is 6.70. The zero-order chi connectivity index (χ0) is 11.1. The molecule has 0 amide bonds. The Hall–Kier alpha value is -0.730. The lowest BCUT2D eigenvalue weighted by Gasteiger charge is -2.10. The van der Waals surface area contributed by atoms with Crippen molar-refractivity contribution in [3.8, 4) is 5.75 Å². The molecule has 0 aliphatic rings. The zero-order valence-corrected chi connectivity index (χ0v) is 9.89. The van der Waals surface area contributed by atoms with Gasteiger partial charge in [-0.25, -0.2) is 0 Å². The van der Waals surface area contributed by atoms with Crippen LogP contribution in [0.1, 0.15) is 31.7 Å². The van der Waals surface area contributed by atoms with E-state index in [2.05, 4.69) is 6.92 Å². The van der Waals surface area contributed by atoms with E-state index >= 15 is 0 Å². The molecule has 1 rings (SSSR count). The van der Waals surface area contributed by atoms with Crippen LogP contribution in [0.5, 0.6) is 5.75 Å². The van der Waals surface area contributed by atoms with Gasteiger partial charge in [0.2, 0.25) is 0 Å². The van der Waals surface area contributed by atoms with Crippen molar-refractivity contribution in [3.63, 3.8) is 0 Å². The van der Waals surface area contributed by atoms with Crippen LogP contribution in [-0.2, 0) is 6.54 Å².